The Labute approximate surface area is 128 Å². The molecular formula is C11H13Br2NO3S. The minimum Gasteiger partial charge on any atom is -0.497 e. The summed E-state index contributed by atoms with van der Waals surface area (Å²) in [6.45, 7) is 0. The SMILES string of the molecule is COc1ccc(OC(=O)NC(S)C(Br)CBr)cc1. The van der Waals surface area contributed by atoms with Crippen LogP contribution in [0.5, 0.6) is 11.5 Å². The first-order valence-electron chi connectivity index (χ1n) is 5.07. The molecule has 0 saturated carbocycles. The minimum atomic E-state index is -0.550. The number of rotatable bonds is 5. The second kappa shape index (κ2) is 7.91. The van der Waals surface area contributed by atoms with Gasteiger partial charge >= 0.3 is 6.09 Å². The van der Waals surface area contributed by atoms with Crippen LogP contribution >= 0.6 is 44.5 Å². The summed E-state index contributed by atoms with van der Waals surface area (Å²) in [6.07, 6.45) is -0.550. The van der Waals surface area contributed by atoms with E-state index < -0.39 is 6.09 Å². The number of carbonyl (C=O) groups is 1. The van der Waals surface area contributed by atoms with Gasteiger partial charge in [-0.15, -0.1) is 0 Å². The summed E-state index contributed by atoms with van der Waals surface area (Å²) in [7, 11) is 1.57. The molecule has 1 rings (SSSR count). The molecule has 0 saturated heterocycles. The molecule has 7 heteroatoms. The summed E-state index contributed by atoms with van der Waals surface area (Å²) in [6, 6.07) is 6.74. The van der Waals surface area contributed by atoms with Crippen LogP contribution in [0.25, 0.3) is 0 Å². The van der Waals surface area contributed by atoms with Crippen molar-refractivity contribution in [3.05, 3.63) is 24.3 Å². The molecule has 1 aromatic carbocycles. The highest BCUT2D eigenvalue weighted by Gasteiger charge is 2.17. The number of benzene rings is 1. The standard InChI is InChI=1S/C11H13Br2NO3S/c1-16-7-2-4-8(5-3-7)17-11(15)14-10(18)9(13)6-12/h2-5,9-10,18H,6H2,1H3,(H,14,15). The third-order valence-corrected chi connectivity index (χ3v) is 5.34. The van der Waals surface area contributed by atoms with Crippen molar-refractivity contribution in [2.24, 2.45) is 0 Å². The Morgan fingerprint density at radius 1 is 1.39 bits per heavy atom. The zero-order valence-corrected chi connectivity index (χ0v) is 13.7. The first-order valence-corrected chi connectivity index (χ1v) is 7.62. The molecule has 18 heavy (non-hydrogen) atoms. The summed E-state index contributed by atoms with van der Waals surface area (Å²) >= 11 is 10.9. The van der Waals surface area contributed by atoms with E-state index in [2.05, 4.69) is 49.8 Å². The number of ether oxygens (including phenoxy) is 2. The van der Waals surface area contributed by atoms with Crippen molar-refractivity contribution in [3.8, 4) is 11.5 Å². The van der Waals surface area contributed by atoms with Crippen molar-refractivity contribution in [2.75, 3.05) is 12.4 Å². The maximum atomic E-state index is 11.5. The molecule has 100 valence electrons. The van der Waals surface area contributed by atoms with Crippen molar-refractivity contribution in [2.45, 2.75) is 10.2 Å². The molecule has 0 aliphatic rings. The Hall–Kier alpha value is -0.400. The molecule has 1 N–H and O–H groups in total. The third kappa shape index (κ3) is 5.07. The van der Waals surface area contributed by atoms with Crippen LogP contribution in [0, 0.1) is 0 Å². The predicted octanol–water partition coefficient (Wildman–Crippen LogP) is 3.20. The van der Waals surface area contributed by atoms with Crippen molar-refractivity contribution in [1.82, 2.24) is 5.32 Å². The number of amides is 1. The highest BCUT2D eigenvalue weighted by molar-refractivity contribution is 9.12. The lowest BCUT2D eigenvalue weighted by molar-refractivity contribution is 0.199. The highest BCUT2D eigenvalue weighted by Crippen LogP contribution is 2.17. The lowest BCUT2D eigenvalue weighted by atomic mass is 10.3. The number of methoxy groups -OCH3 is 1. The van der Waals surface area contributed by atoms with Gasteiger partial charge in [0.25, 0.3) is 0 Å². The maximum Gasteiger partial charge on any atom is 0.413 e. The highest BCUT2D eigenvalue weighted by atomic mass is 79.9. The zero-order valence-electron chi connectivity index (χ0n) is 9.60. The van der Waals surface area contributed by atoms with Crippen LogP contribution < -0.4 is 14.8 Å². The monoisotopic (exact) mass is 397 g/mol. The molecule has 0 heterocycles. The second-order valence-electron chi connectivity index (χ2n) is 3.32. The molecule has 1 aromatic rings. The normalized spacial score (nSPS) is 13.6. The van der Waals surface area contributed by atoms with E-state index in [0.29, 0.717) is 16.8 Å². The smallest absolute Gasteiger partial charge is 0.413 e. The average Bonchev–Trinajstić information content (AvgIpc) is 2.38. The molecule has 0 fully saturated rings. The van der Waals surface area contributed by atoms with Crippen LogP contribution in [0.1, 0.15) is 0 Å². The fraction of sp³-hybridized carbons (Fsp3) is 0.364. The maximum absolute atomic E-state index is 11.5. The summed E-state index contributed by atoms with van der Waals surface area (Å²) in [4.78, 5) is 11.6. The van der Waals surface area contributed by atoms with Gasteiger partial charge in [-0.2, -0.15) is 12.6 Å². The van der Waals surface area contributed by atoms with E-state index in [0.717, 1.165) is 0 Å². The van der Waals surface area contributed by atoms with Crippen molar-refractivity contribution >= 4 is 50.6 Å². The van der Waals surface area contributed by atoms with E-state index in [4.69, 9.17) is 9.47 Å². The topological polar surface area (TPSA) is 47.6 Å². The van der Waals surface area contributed by atoms with E-state index in [1.54, 1.807) is 31.4 Å². The van der Waals surface area contributed by atoms with Gasteiger partial charge in [0.05, 0.1) is 17.3 Å². The summed E-state index contributed by atoms with van der Waals surface area (Å²) in [5, 5.41) is 2.94. The number of halogens is 2. The summed E-state index contributed by atoms with van der Waals surface area (Å²) in [5.41, 5.74) is 0. The first-order chi connectivity index (χ1) is 8.56. The van der Waals surface area contributed by atoms with E-state index in [-0.39, 0.29) is 10.2 Å². The fourth-order valence-electron chi connectivity index (χ4n) is 1.08. The quantitative estimate of drug-likeness (QED) is 0.454. The van der Waals surface area contributed by atoms with Crippen LogP contribution in [-0.2, 0) is 0 Å². The molecule has 0 aliphatic heterocycles. The Morgan fingerprint density at radius 2 is 1.94 bits per heavy atom. The van der Waals surface area contributed by atoms with Gasteiger partial charge in [-0.1, -0.05) is 31.9 Å². The molecule has 0 bridgehead atoms. The van der Waals surface area contributed by atoms with Gasteiger partial charge in [-0.25, -0.2) is 4.79 Å². The van der Waals surface area contributed by atoms with E-state index in [1.165, 1.54) is 0 Å². The van der Waals surface area contributed by atoms with Crippen molar-refractivity contribution in [3.63, 3.8) is 0 Å². The van der Waals surface area contributed by atoms with Crippen LogP contribution in [0.2, 0.25) is 0 Å². The van der Waals surface area contributed by atoms with Gasteiger partial charge < -0.3 is 14.8 Å². The Balaban J connectivity index is 2.48. The third-order valence-electron chi connectivity index (χ3n) is 2.03. The molecule has 0 spiro atoms. The molecule has 0 aromatic heterocycles. The predicted molar refractivity (Wildman–Crippen MR) is 81.4 cm³/mol. The summed E-state index contributed by atoms with van der Waals surface area (Å²) in [5.74, 6) is 1.15. The number of hydrogen-bond donors (Lipinski definition) is 2. The van der Waals surface area contributed by atoms with E-state index >= 15 is 0 Å². The molecule has 1 amide bonds. The Morgan fingerprint density at radius 3 is 2.44 bits per heavy atom. The van der Waals surface area contributed by atoms with Gasteiger partial charge in [0.15, 0.2) is 0 Å². The minimum absolute atomic E-state index is 0.0178. The molecule has 2 atom stereocenters. The first kappa shape index (κ1) is 15.7. The number of alkyl halides is 2. The summed E-state index contributed by atoms with van der Waals surface area (Å²) < 4.78 is 10.1. The van der Waals surface area contributed by atoms with Crippen LogP contribution in [0.3, 0.4) is 0 Å². The molecular weight excluding hydrogens is 386 g/mol. The van der Waals surface area contributed by atoms with Gasteiger partial charge in [-0.3, -0.25) is 0 Å². The Kier molecular flexibility index (Phi) is 6.88. The number of carbonyl (C=O) groups excluding carboxylic acids is 1. The average molecular weight is 399 g/mol. The van der Waals surface area contributed by atoms with Crippen LogP contribution in [0.15, 0.2) is 24.3 Å². The largest absolute Gasteiger partial charge is 0.497 e. The van der Waals surface area contributed by atoms with Crippen molar-refractivity contribution in [1.29, 1.82) is 0 Å². The van der Waals surface area contributed by atoms with Gasteiger partial charge in [-0.05, 0) is 24.3 Å². The molecule has 0 radical (unpaired) electrons. The van der Waals surface area contributed by atoms with Gasteiger partial charge in [0, 0.05) is 5.33 Å². The van der Waals surface area contributed by atoms with E-state index in [9.17, 15) is 4.79 Å². The zero-order chi connectivity index (χ0) is 13.5. The van der Waals surface area contributed by atoms with Gasteiger partial charge in [0.1, 0.15) is 11.5 Å². The van der Waals surface area contributed by atoms with E-state index in [1.807, 2.05) is 0 Å². The number of nitrogens with one attached hydrogen (secondary N) is 1. The molecule has 0 aliphatic carbocycles. The fourth-order valence-corrected chi connectivity index (χ4v) is 2.08. The van der Waals surface area contributed by atoms with Crippen LogP contribution in [0.4, 0.5) is 4.79 Å². The second-order valence-corrected chi connectivity index (χ2v) is 5.70. The molecule has 4 nitrogen and oxygen atoms in total. The lowest BCUT2D eigenvalue weighted by Crippen LogP contribution is -2.39. The van der Waals surface area contributed by atoms with Gasteiger partial charge in [0.2, 0.25) is 0 Å². The molecule has 2 unspecified atom stereocenters. The van der Waals surface area contributed by atoms with Crippen molar-refractivity contribution < 1.29 is 14.3 Å². The number of thiol groups is 1. The lowest BCUT2D eigenvalue weighted by Gasteiger charge is -2.16. The van der Waals surface area contributed by atoms with Crippen LogP contribution in [-0.4, -0.2) is 28.7 Å². The number of hydrogen-bond acceptors (Lipinski definition) is 4. The Bertz CT molecular complexity index is 388.